The van der Waals surface area contributed by atoms with Gasteiger partial charge >= 0.3 is 0 Å². The molecule has 2 nitrogen and oxygen atoms in total. The average molecular weight is 335 g/mol. The van der Waals surface area contributed by atoms with Gasteiger partial charge in [-0.25, -0.2) is 4.98 Å². The molecule has 0 aliphatic carbocycles. The van der Waals surface area contributed by atoms with Crippen LogP contribution >= 0.6 is 46.6 Å². The second-order valence-corrected chi connectivity index (χ2v) is 5.84. The molecule has 0 aliphatic heterocycles. The van der Waals surface area contributed by atoms with Crippen molar-refractivity contribution in [2.24, 2.45) is 0 Å². The van der Waals surface area contributed by atoms with Crippen molar-refractivity contribution < 1.29 is 4.74 Å². The summed E-state index contributed by atoms with van der Waals surface area (Å²) in [6, 6.07) is 6.87. The molecule has 0 amide bonds. The van der Waals surface area contributed by atoms with Gasteiger partial charge in [0.15, 0.2) is 0 Å². The van der Waals surface area contributed by atoms with E-state index in [9.17, 15) is 0 Å². The first-order valence-corrected chi connectivity index (χ1v) is 7.70. The summed E-state index contributed by atoms with van der Waals surface area (Å²) in [4.78, 5) is 4.97. The van der Waals surface area contributed by atoms with Gasteiger partial charge in [-0.15, -0.1) is 11.8 Å². The summed E-state index contributed by atoms with van der Waals surface area (Å²) in [6.45, 7) is 1.84. The van der Waals surface area contributed by atoms with E-state index in [0.717, 1.165) is 10.6 Å². The Hall–Kier alpha value is -0.610. The molecule has 0 saturated heterocycles. The van der Waals surface area contributed by atoms with Crippen molar-refractivity contribution >= 4 is 46.6 Å². The molecular weight excluding hydrogens is 325 g/mol. The molecule has 6 heteroatoms. The van der Waals surface area contributed by atoms with Gasteiger partial charge in [0.2, 0.25) is 0 Å². The summed E-state index contributed by atoms with van der Waals surface area (Å²) in [5.74, 6) is 1.07. The van der Waals surface area contributed by atoms with E-state index in [2.05, 4.69) is 4.98 Å². The molecule has 0 radical (unpaired) electrons. The normalized spacial score (nSPS) is 10.6. The number of aryl methyl sites for hydroxylation is 1. The number of pyridine rings is 1. The number of halogens is 3. The third-order valence-electron chi connectivity index (χ3n) is 2.33. The van der Waals surface area contributed by atoms with Crippen LogP contribution in [0.1, 0.15) is 5.69 Å². The Morgan fingerprint density at radius 2 is 1.79 bits per heavy atom. The van der Waals surface area contributed by atoms with Gasteiger partial charge in [0, 0.05) is 28.8 Å². The van der Waals surface area contributed by atoms with Crippen molar-refractivity contribution in [2.45, 2.75) is 11.8 Å². The zero-order valence-electron chi connectivity index (χ0n) is 10.2. The lowest BCUT2D eigenvalue weighted by Crippen LogP contribution is -1.89. The molecule has 0 unspecified atom stereocenters. The molecule has 2 aromatic rings. The lowest BCUT2D eigenvalue weighted by Gasteiger charge is -2.10. The highest BCUT2D eigenvalue weighted by molar-refractivity contribution is 7.98. The molecular formula is C13H10Cl3NOS. The summed E-state index contributed by atoms with van der Waals surface area (Å²) in [5.41, 5.74) is 0.769. The third-order valence-corrected chi connectivity index (χ3v) is 4.02. The van der Waals surface area contributed by atoms with Crippen molar-refractivity contribution in [1.29, 1.82) is 0 Å². The topological polar surface area (TPSA) is 22.1 Å². The number of hydrogen-bond donors (Lipinski definition) is 0. The van der Waals surface area contributed by atoms with Crippen LogP contribution in [0.5, 0.6) is 11.5 Å². The molecule has 1 aromatic heterocycles. The third kappa shape index (κ3) is 3.69. The van der Waals surface area contributed by atoms with Crippen LogP contribution in [0.15, 0.2) is 29.2 Å². The molecule has 2 rings (SSSR count). The van der Waals surface area contributed by atoms with E-state index in [0.29, 0.717) is 26.7 Å². The lowest BCUT2D eigenvalue weighted by molar-refractivity contribution is 0.481. The maximum atomic E-state index is 6.16. The molecule has 0 bridgehead atoms. The number of nitrogens with zero attached hydrogens (tertiary/aromatic N) is 1. The Bertz CT molecular complexity index is 599. The zero-order chi connectivity index (χ0) is 14.0. The molecule has 0 saturated carbocycles. The quantitative estimate of drug-likeness (QED) is 0.518. The Morgan fingerprint density at radius 3 is 2.42 bits per heavy atom. The molecule has 19 heavy (non-hydrogen) atoms. The minimum atomic E-state index is 0.373. The average Bonchev–Trinajstić information content (AvgIpc) is 2.32. The fourth-order valence-electron chi connectivity index (χ4n) is 1.53. The number of benzene rings is 1. The van der Waals surface area contributed by atoms with Crippen molar-refractivity contribution in [3.8, 4) is 11.5 Å². The first kappa shape index (κ1) is 14.8. The van der Waals surface area contributed by atoms with Crippen LogP contribution in [0, 0.1) is 6.92 Å². The van der Waals surface area contributed by atoms with E-state index in [4.69, 9.17) is 39.5 Å². The molecule has 0 fully saturated rings. The monoisotopic (exact) mass is 333 g/mol. The van der Waals surface area contributed by atoms with Gasteiger partial charge in [0.25, 0.3) is 0 Å². The first-order chi connectivity index (χ1) is 8.99. The Morgan fingerprint density at radius 1 is 1.05 bits per heavy atom. The largest absolute Gasteiger partial charge is 0.456 e. The zero-order valence-corrected chi connectivity index (χ0v) is 13.3. The fraction of sp³-hybridized carbons (Fsp3) is 0.154. The highest BCUT2D eigenvalue weighted by Crippen LogP contribution is 2.37. The van der Waals surface area contributed by atoms with E-state index >= 15 is 0 Å². The minimum Gasteiger partial charge on any atom is -0.456 e. The number of ether oxygens (including phenoxy) is 1. The van der Waals surface area contributed by atoms with Crippen molar-refractivity contribution in [3.05, 3.63) is 45.2 Å². The SMILES string of the molecule is CSc1cc(Cl)c(Oc2cc(C)nc(Cl)c2)cc1Cl. The van der Waals surface area contributed by atoms with E-state index in [1.807, 2.05) is 13.2 Å². The molecule has 1 aromatic carbocycles. The predicted molar refractivity (Wildman–Crippen MR) is 82.3 cm³/mol. The van der Waals surface area contributed by atoms with Gasteiger partial charge in [-0.3, -0.25) is 0 Å². The minimum absolute atomic E-state index is 0.373. The number of aromatic nitrogens is 1. The predicted octanol–water partition coefficient (Wildman–Crippen LogP) is 5.86. The summed E-state index contributed by atoms with van der Waals surface area (Å²) < 4.78 is 5.70. The van der Waals surface area contributed by atoms with Crippen LogP contribution in [0.4, 0.5) is 0 Å². The van der Waals surface area contributed by atoms with Crippen molar-refractivity contribution in [2.75, 3.05) is 6.26 Å². The van der Waals surface area contributed by atoms with Crippen LogP contribution in [-0.2, 0) is 0 Å². The van der Waals surface area contributed by atoms with Gasteiger partial charge in [0.05, 0.1) is 10.0 Å². The number of hydrogen-bond acceptors (Lipinski definition) is 3. The van der Waals surface area contributed by atoms with Crippen LogP contribution in [0.2, 0.25) is 15.2 Å². The highest BCUT2D eigenvalue weighted by atomic mass is 35.5. The summed E-state index contributed by atoms with van der Waals surface area (Å²) in [5, 5.41) is 1.47. The van der Waals surface area contributed by atoms with Gasteiger partial charge in [0.1, 0.15) is 16.7 Å². The molecule has 0 atom stereocenters. The van der Waals surface area contributed by atoms with E-state index < -0.39 is 0 Å². The van der Waals surface area contributed by atoms with Gasteiger partial charge in [-0.2, -0.15) is 0 Å². The standard InChI is InChI=1S/C13H10Cl3NOS/c1-7-3-8(4-13(16)17-7)18-11-5-10(15)12(19-2)6-9(11)14/h3-6H,1-2H3. The fourth-order valence-corrected chi connectivity index (χ4v) is 2.91. The number of rotatable bonds is 3. The second-order valence-electron chi connectivity index (χ2n) is 3.79. The Labute approximate surface area is 131 Å². The first-order valence-electron chi connectivity index (χ1n) is 5.34. The molecule has 0 spiro atoms. The van der Waals surface area contributed by atoms with Gasteiger partial charge in [-0.05, 0) is 19.2 Å². The molecule has 0 N–H and O–H groups in total. The van der Waals surface area contributed by atoms with E-state index in [1.165, 1.54) is 11.8 Å². The molecule has 1 heterocycles. The smallest absolute Gasteiger partial charge is 0.147 e. The van der Waals surface area contributed by atoms with Gasteiger partial charge in [-0.1, -0.05) is 34.8 Å². The molecule has 0 aliphatic rings. The van der Waals surface area contributed by atoms with Crippen LogP contribution < -0.4 is 4.74 Å². The van der Waals surface area contributed by atoms with Crippen LogP contribution in [0.3, 0.4) is 0 Å². The molecule has 100 valence electrons. The summed E-state index contributed by atoms with van der Waals surface area (Å²) in [6.07, 6.45) is 1.93. The Kier molecular flexibility index (Phi) is 4.85. The lowest BCUT2D eigenvalue weighted by atomic mass is 10.3. The summed E-state index contributed by atoms with van der Waals surface area (Å²) in [7, 11) is 0. The van der Waals surface area contributed by atoms with E-state index in [-0.39, 0.29) is 0 Å². The second kappa shape index (κ2) is 6.23. The van der Waals surface area contributed by atoms with Crippen LogP contribution in [-0.4, -0.2) is 11.2 Å². The maximum Gasteiger partial charge on any atom is 0.147 e. The van der Waals surface area contributed by atoms with Gasteiger partial charge < -0.3 is 4.74 Å². The Balaban J connectivity index is 2.35. The summed E-state index contributed by atoms with van der Waals surface area (Å²) >= 11 is 19.7. The van der Waals surface area contributed by atoms with Crippen LogP contribution in [0.25, 0.3) is 0 Å². The number of thioether (sulfide) groups is 1. The van der Waals surface area contributed by atoms with E-state index in [1.54, 1.807) is 24.3 Å². The highest BCUT2D eigenvalue weighted by Gasteiger charge is 2.10. The maximum absolute atomic E-state index is 6.16. The van der Waals surface area contributed by atoms with Crippen molar-refractivity contribution in [3.63, 3.8) is 0 Å². The van der Waals surface area contributed by atoms with Crippen molar-refractivity contribution in [1.82, 2.24) is 4.98 Å².